The summed E-state index contributed by atoms with van der Waals surface area (Å²) in [6.45, 7) is 11.1. The first-order valence-corrected chi connectivity index (χ1v) is 11.9. The van der Waals surface area contributed by atoms with Crippen LogP contribution >= 0.6 is 0 Å². The van der Waals surface area contributed by atoms with Gasteiger partial charge < -0.3 is 29.9 Å². The van der Waals surface area contributed by atoms with E-state index in [0.717, 1.165) is 39.3 Å². The summed E-state index contributed by atoms with van der Waals surface area (Å²) in [5.41, 5.74) is 0. The van der Waals surface area contributed by atoms with E-state index in [2.05, 4.69) is 29.0 Å². The first kappa shape index (κ1) is 29.8. The maximum absolute atomic E-state index is 12.5. The molecule has 2 N–H and O–H groups in total. The number of carbonyl (C=O) groups excluding carboxylic acids is 3. The Bertz CT molecular complexity index is 662. The molecule has 34 heavy (non-hydrogen) atoms. The second kappa shape index (κ2) is 16.4. The van der Waals surface area contributed by atoms with Gasteiger partial charge in [0, 0.05) is 66.5 Å². The van der Waals surface area contributed by atoms with Gasteiger partial charge in [-0.3, -0.25) is 29.0 Å². The van der Waals surface area contributed by atoms with E-state index < -0.39 is 11.9 Å². The largest absolute Gasteiger partial charge is 0.480 e. The number of carboxylic acid groups (broad SMARTS) is 1. The van der Waals surface area contributed by atoms with Crippen molar-refractivity contribution in [3.8, 4) is 0 Å². The lowest BCUT2D eigenvalue weighted by molar-refractivity contribution is -0.150. The summed E-state index contributed by atoms with van der Waals surface area (Å²) in [5.74, 6) is -2.22. The van der Waals surface area contributed by atoms with Crippen LogP contribution in [0.1, 0.15) is 13.8 Å². The van der Waals surface area contributed by atoms with Crippen LogP contribution in [0.2, 0.25) is 0 Å². The molecule has 0 unspecified atom stereocenters. The predicted molar refractivity (Wildman–Crippen MR) is 127 cm³/mol. The van der Waals surface area contributed by atoms with Gasteiger partial charge in [-0.15, -0.1) is 0 Å². The first-order valence-electron chi connectivity index (χ1n) is 11.9. The third-order valence-corrected chi connectivity index (χ3v) is 5.84. The highest BCUT2D eigenvalue weighted by molar-refractivity contribution is 5.84. The van der Waals surface area contributed by atoms with Crippen molar-refractivity contribution >= 4 is 23.8 Å². The molecule has 196 valence electrons. The van der Waals surface area contributed by atoms with Gasteiger partial charge in [0.15, 0.2) is 6.61 Å². The summed E-state index contributed by atoms with van der Waals surface area (Å²) < 4.78 is 4.86. The maximum atomic E-state index is 12.5. The van der Waals surface area contributed by atoms with Crippen molar-refractivity contribution in [1.82, 2.24) is 29.8 Å². The molecule has 2 amide bonds. The van der Waals surface area contributed by atoms with E-state index in [0.29, 0.717) is 26.2 Å². The Balaban J connectivity index is 2.66. The van der Waals surface area contributed by atoms with Crippen molar-refractivity contribution in [3.05, 3.63) is 0 Å². The van der Waals surface area contributed by atoms with Crippen molar-refractivity contribution in [3.63, 3.8) is 0 Å². The van der Waals surface area contributed by atoms with Crippen LogP contribution in [0.3, 0.4) is 0 Å². The van der Waals surface area contributed by atoms with E-state index >= 15 is 0 Å². The number of nitrogens with zero attached hydrogens (tertiary/aromatic N) is 5. The Kier molecular flexibility index (Phi) is 14.3. The van der Waals surface area contributed by atoms with E-state index in [9.17, 15) is 24.3 Å². The molecular formula is C22H42N6O6. The first-order chi connectivity index (χ1) is 16.1. The number of hydrogen-bond acceptors (Lipinski definition) is 9. The van der Waals surface area contributed by atoms with Gasteiger partial charge in [-0.1, -0.05) is 13.8 Å². The lowest BCUT2D eigenvalue weighted by atomic mass is 10.3. The molecule has 0 aliphatic carbocycles. The highest BCUT2D eigenvalue weighted by Gasteiger charge is 2.19. The minimum absolute atomic E-state index is 0.0455. The fourth-order valence-corrected chi connectivity index (χ4v) is 3.47. The Morgan fingerprint density at radius 2 is 1.24 bits per heavy atom. The Morgan fingerprint density at radius 3 is 1.65 bits per heavy atom. The maximum Gasteiger partial charge on any atom is 0.325 e. The zero-order chi connectivity index (χ0) is 25.5. The molecule has 1 heterocycles. The van der Waals surface area contributed by atoms with Crippen LogP contribution < -0.4 is 5.32 Å². The Labute approximate surface area is 202 Å². The van der Waals surface area contributed by atoms with Gasteiger partial charge in [0.1, 0.15) is 6.54 Å². The molecule has 1 saturated heterocycles. The van der Waals surface area contributed by atoms with Gasteiger partial charge in [0.05, 0.1) is 13.1 Å². The predicted octanol–water partition coefficient (Wildman–Crippen LogP) is -1.92. The molecule has 1 aliphatic heterocycles. The van der Waals surface area contributed by atoms with E-state index in [4.69, 9.17) is 4.74 Å². The van der Waals surface area contributed by atoms with E-state index in [1.165, 1.54) is 4.90 Å². The van der Waals surface area contributed by atoms with Crippen LogP contribution in [-0.4, -0.2) is 159 Å². The minimum atomic E-state index is -0.872. The Hall–Kier alpha value is -2.28. The number of likely N-dealkylation sites (N-methyl/N-ethyl adjacent to an activating group) is 3. The summed E-state index contributed by atoms with van der Waals surface area (Å²) >= 11 is 0. The van der Waals surface area contributed by atoms with Crippen LogP contribution in [0, 0.1) is 0 Å². The van der Waals surface area contributed by atoms with Gasteiger partial charge in [0.25, 0.3) is 5.91 Å². The smallest absolute Gasteiger partial charge is 0.325 e. The lowest BCUT2D eigenvalue weighted by Gasteiger charge is -2.33. The SMILES string of the molecule is CCN1CCN(CC)CCN(CC(=O)NCC(=O)OCC(=O)N(C)C)CCN(CC(=O)O)CC1. The number of nitrogens with one attached hydrogen (secondary N) is 1. The fraction of sp³-hybridized carbons (Fsp3) is 0.818. The van der Waals surface area contributed by atoms with Crippen molar-refractivity contribution < 1.29 is 29.0 Å². The summed E-state index contributed by atoms with van der Waals surface area (Å²) in [4.78, 5) is 56.9. The average molecular weight is 487 g/mol. The number of carboxylic acids is 1. The molecule has 0 aromatic carbocycles. The molecular weight excluding hydrogens is 444 g/mol. The van der Waals surface area contributed by atoms with E-state index in [1.807, 2.05) is 9.80 Å². The van der Waals surface area contributed by atoms with E-state index in [-0.39, 0.29) is 38.1 Å². The zero-order valence-corrected chi connectivity index (χ0v) is 21.1. The van der Waals surface area contributed by atoms with Crippen LogP contribution in [0.15, 0.2) is 0 Å². The van der Waals surface area contributed by atoms with Crippen molar-refractivity contribution in [2.75, 3.05) is 106 Å². The van der Waals surface area contributed by atoms with Crippen LogP contribution in [-0.2, 0) is 23.9 Å². The number of aliphatic carboxylic acids is 1. The number of esters is 1. The topological polar surface area (TPSA) is 126 Å². The second-order valence-corrected chi connectivity index (χ2v) is 8.54. The summed E-state index contributed by atoms with van der Waals surface area (Å²) in [6.07, 6.45) is 0. The van der Waals surface area contributed by atoms with Crippen LogP contribution in [0.5, 0.6) is 0 Å². The Morgan fingerprint density at radius 1 is 0.794 bits per heavy atom. The number of amides is 2. The van der Waals surface area contributed by atoms with Gasteiger partial charge in [-0.2, -0.15) is 0 Å². The van der Waals surface area contributed by atoms with Gasteiger partial charge in [-0.05, 0) is 13.1 Å². The molecule has 0 bridgehead atoms. The molecule has 0 aromatic heterocycles. The molecule has 0 radical (unpaired) electrons. The van der Waals surface area contributed by atoms with Crippen LogP contribution in [0.4, 0.5) is 0 Å². The minimum Gasteiger partial charge on any atom is -0.480 e. The number of hydrogen-bond donors (Lipinski definition) is 2. The molecule has 1 fully saturated rings. The molecule has 0 aromatic rings. The zero-order valence-electron chi connectivity index (χ0n) is 21.1. The van der Waals surface area contributed by atoms with Crippen molar-refractivity contribution in [2.24, 2.45) is 0 Å². The molecule has 0 saturated carbocycles. The fourth-order valence-electron chi connectivity index (χ4n) is 3.47. The van der Waals surface area contributed by atoms with Gasteiger partial charge in [0.2, 0.25) is 5.91 Å². The molecule has 1 aliphatic rings. The quantitative estimate of drug-likeness (QED) is 0.338. The molecule has 12 heteroatoms. The summed E-state index contributed by atoms with van der Waals surface area (Å²) in [5, 5.41) is 11.8. The third kappa shape index (κ3) is 12.8. The van der Waals surface area contributed by atoms with Crippen LogP contribution in [0.25, 0.3) is 0 Å². The molecule has 0 atom stereocenters. The average Bonchev–Trinajstić information content (AvgIpc) is 2.79. The number of rotatable bonds is 10. The third-order valence-electron chi connectivity index (χ3n) is 5.84. The lowest BCUT2D eigenvalue weighted by Crippen LogP contribution is -2.49. The standard InChI is InChI=1S/C22H42N6O6/c1-5-25-7-8-26(6-2)10-12-28(17-21(31)32)14-13-27(11-9-25)16-19(29)23-15-22(33)34-18-20(30)24(3)4/h5-18H2,1-4H3,(H,23,29)(H,31,32). The summed E-state index contributed by atoms with van der Waals surface area (Å²) in [6, 6.07) is 0. The van der Waals surface area contributed by atoms with Gasteiger partial charge >= 0.3 is 11.9 Å². The second-order valence-electron chi connectivity index (χ2n) is 8.54. The normalized spacial score (nSPS) is 17.9. The van der Waals surface area contributed by atoms with Gasteiger partial charge in [-0.25, -0.2) is 0 Å². The number of carbonyl (C=O) groups is 4. The van der Waals surface area contributed by atoms with Crippen molar-refractivity contribution in [2.45, 2.75) is 13.8 Å². The number of ether oxygens (including phenoxy) is 1. The molecule has 12 nitrogen and oxygen atoms in total. The highest BCUT2D eigenvalue weighted by Crippen LogP contribution is 2.01. The van der Waals surface area contributed by atoms with Crippen molar-refractivity contribution in [1.29, 1.82) is 0 Å². The van der Waals surface area contributed by atoms with E-state index in [1.54, 1.807) is 14.1 Å². The molecule has 1 rings (SSSR count). The highest BCUT2D eigenvalue weighted by atomic mass is 16.5. The molecule has 0 spiro atoms. The summed E-state index contributed by atoms with van der Waals surface area (Å²) in [7, 11) is 3.12. The monoisotopic (exact) mass is 486 g/mol.